The Kier molecular flexibility index (Phi) is 4.24. The zero-order chi connectivity index (χ0) is 13.9. The Labute approximate surface area is 115 Å². The number of fused-ring (bicyclic) bond motifs is 1. The summed E-state index contributed by atoms with van der Waals surface area (Å²) in [5, 5.41) is 7.55. The summed E-state index contributed by atoms with van der Waals surface area (Å²) in [6.07, 6.45) is 7.22. The molecule has 0 bridgehead atoms. The van der Waals surface area contributed by atoms with Gasteiger partial charge in [-0.1, -0.05) is 20.3 Å². The Morgan fingerprint density at radius 2 is 2.21 bits per heavy atom. The highest BCUT2D eigenvalue weighted by Gasteiger charge is 2.21. The highest BCUT2D eigenvalue weighted by Crippen LogP contribution is 2.23. The second-order valence-electron chi connectivity index (χ2n) is 6.07. The number of unbranched alkanes of at least 4 members (excludes halogenated alkanes) is 1. The van der Waals surface area contributed by atoms with E-state index in [1.54, 1.807) is 0 Å². The first-order chi connectivity index (χ1) is 8.99. The molecule has 0 radical (unpaired) electrons. The van der Waals surface area contributed by atoms with Crippen molar-refractivity contribution in [2.75, 3.05) is 13.1 Å². The molecular weight excluding hydrogens is 238 g/mol. The van der Waals surface area contributed by atoms with Crippen molar-refractivity contribution < 1.29 is 0 Å². The Morgan fingerprint density at radius 3 is 2.95 bits per heavy atom. The van der Waals surface area contributed by atoms with Crippen LogP contribution in [-0.2, 0) is 13.1 Å². The van der Waals surface area contributed by atoms with E-state index in [0.717, 1.165) is 45.4 Å². The van der Waals surface area contributed by atoms with Crippen LogP contribution in [0.1, 0.15) is 38.9 Å². The molecule has 0 saturated heterocycles. The van der Waals surface area contributed by atoms with Crippen LogP contribution in [0.2, 0.25) is 0 Å². The minimum absolute atomic E-state index is 0.155. The van der Waals surface area contributed by atoms with Crippen LogP contribution >= 0.6 is 0 Å². The Morgan fingerprint density at radius 1 is 1.42 bits per heavy atom. The number of hydrogen-bond acceptors (Lipinski definition) is 3. The molecule has 1 aromatic rings. The Bertz CT molecular complexity index is 435. The molecule has 1 aromatic heterocycles. The van der Waals surface area contributed by atoms with Gasteiger partial charge in [-0.3, -0.25) is 10.3 Å². The second kappa shape index (κ2) is 5.74. The van der Waals surface area contributed by atoms with Gasteiger partial charge >= 0.3 is 0 Å². The third kappa shape index (κ3) is 3.56. The van der Waals surface area contributed by atoms with Crippen molar-refractivity contribution in [1.29, 1.82) is 5.41 Å². The standard InChI is InChI=1S/C14H25N5/c1-14(2,13(15)16)5-3-4-7-18-9-10-19-8-6-17-12(19)11-18/h6,8H,3-5,7,9-11H2,1-2H3,(H3,15,16). The van der Waals surface area contributed by atoms with Crippen LogP contribution in [-0.4, -0.2) is 33.4 Å². The smallest absolute Gasteiger partial charge is 0.122 e. The average Bonchev–Trinajstić information content (AvgIpc) is 2.81. The molecule has 5 heteroatoms. The third-order valence-electron chi connectivity index (χ3n) is 4.08. The molecular formula is C14H25N5. The fraction of sp³-hybridized carbons (Fsp3) is 0.714. The highest BCUT2D eigenvalue weighted by molar-refractivity contribution is 5.82. The van der Waals surface area contributed by atoms with Gasteiger partial charge < -0.3 is 10.3 Å². The maximum Gasteiger partial charge on any atom is 0.122 e. The molecule has 1 aliphatic heterocycles. The molecule has 0 spiro atoms. The van der Waals surface area contributed by atoms with Crippen LogP contribution < -0.4 is 5.73 Å². The minimum atomic E-state index is -0.155. The van der Waals surface area contributed by atoms with E-state index < -0.39 is 0 Å². The fourth-order valence-electron chi connectivity index (χ4n) is 2.45. The summed E-state index contributed by atoms with van der Waals surface area (Å²) < 4.78 is 2.23. The number of nitrogens with zero attached hydrogens (tertiary/aromatic N) is 3. The van der Waals surface area contributed by atoms with Crippen LogP contribution in [0.3, 0.4) is 0 Å². The number of amidine groups is 1. The molecule has 106 valence electrons. The minimum Gasteiger partial charge on any atom is -0.387 e. The molecule has 5 nitrogen and oxygen atoms in total. The molecule has 0 atom stereocenters. The van der Waals surface area contributed by atoms with Crippen LogP contribution in [0, 0.1) is 10.8 Å². The maximum absolute atomic E-state index is 7.55. The summed E-state index contributed by atoms with van der Waals surface area (Å²) in [5.41, 5.74) is 5.44. The summed E-state index contributed by atoms with van der Waals surface area (Å²) >= 11 is 0. The van der Waals surface area contributed by atoms with Crippen LogP contribution in [0.4, 0.5) is 0 Å². The fourth-order valence-corrected chi connectivity index (χ4v) is 2.45. The van der Waals surface area contributed by atoms with E-state index in [1.165, 1.54) is 5.82 Å². The van der Waals surface area contributed by atoms with E-state index in [-0.39, 0.29) is 5.41 Å². The molecule has 0 amide bonds. The average molecular weight is 263 g/mol. The van der Waals surface area contributed by atoms with Crippen molar-refractivity contribution in [2.24, 2.45) is 11.1 Å². The van der Waals surface area contributed by atoms with Crippen molar-refractivity contribution in [2.45, 2.75) is 46.2 Å². The Balaban J connectivity index is 1.69. The normalized spacial score (nSPS) is 16.3. The first-order valence-corrected chi connectivity index (χ1v) is 7.06. The number of nitrogens with one attached hydrogen (secondary N) is 1. The summed E-state index contributed by atoms with van der Waals surface area (Å²) in [5.74, 6) is 1.47. The number of hydrogen-bond donors (Lipinski definition) is 2. The highest BCUT2D eigenvalue weighted by atomic mass is 15.2. The SMILES string of the molecule is CC(C)(CCCCN1CCn2ccnc2C1)C(=N)N. The van der Waals surface area contributed by atoms with Gasteiger partial charge in [0.2, 0.25) is 0 Å². The lowest BCUT2D eigenvalue weighted by molar-refractivity contribution is 0.210. The molecule has 0 unspecified atom stereocenters. The number of imidazole rings is 1. The third-order valence-corrected chi connectivity index (χ3v) is 4.08. The topological polar surface area (TPSA) is 70.9 Å². The molecule has 0 aromatic carbocycles. The molecule has 2 rings (SSSR count). The van der Waals surface area contributed by atoms with Gasteiger partial charge in [0.1, 0.15) is 5.82 Å². The maximum atomic E-state index is 7.55. The van der Waals surface area contributed by atoms with Gasteiger partial charge in [-0.05, 0) is 19.4 Å². The molecule has 1 aliphatic rings. The predicted molar refractivity (Wildman–Crippen MR) is 77.1 cm³/mol. The van der Waals surface area contributed by atoms with E-state index in [9.17, 15) is 0 Å². The van der Waals surface area contributed by atoms with E-state index in [0.29, 0.717) is 5.84 Å². The van der Waals surface area contributed by atoms with E-state index in [2.05, 4.69) is 20.6 Å². The molecule has 3 N–H and O–H groups in total. The van der Waals surface area contributed by atoms with E-state index in [4.69, 9.17) is 11.1 Å². The van der Waals surface area contributed by atoms with Gasteiger partial charge in [0.05, 0.1) is 12.4 Å². The summed E-state index contributed by atoms with van der Waals surface area (Å²) in [6, 6.07) is 0. The zero-order valence-corrected chi connectivity index (χ0v) is 12.0. The van der Waals surface area contributed by atoms with Crippen LogP contribution in [0.5, 0.6) is 0 Å². The molecule has 19 heavy (non-hydrogen) atoms. The van der Waals surface area contributed by atoms with Crippen LogP contribution in [0.15, 0.2) is 12.4 Å². The molecule has 0 aliphatic carbocycles. The van der Waals surface area contributed by atoms with Crippen LogP contribution in [0.25, 0.3) is 0 Å². The molecule has 0 fully saturated rings. The largest absolute Gasteiger partial charge is 0.387 e. The number of rotatable bonds is 6. The van der Waals surface area contributed by atoms with E-state index >= 15 is 0 Å². The predicted octanol–water partition coefficient (Wildman–Crippen LogP) is 1.83. The summed E-state index contributed by atoms with van der Waals surface area (Å²) in [7, 11) is 0. The van der Waals surface area contributed by atoms with Crippen molar-refractivity contribution >= 4 is 5.84 Å². The summed E-state index contributed by atoms with van der Waals surface area (Å²) in [4.78, 5) is 6.84. The number of nitrogens with two attached hydrogens (primary N) is 1. The first-order valence-electron chi connectivity index (χ1n) is 7.06. The zero-order valence-electron chi connectivity index (χ0n) is 12.0. The lowest BCUT2D eigenvalue weighted by Crippen LogP contribution is -2.34. The van der Waals surface area contributed by atoms with Gasteiger partial charge in [-0.25, -0.2) is 4.98 Å². The summed E-state index contributed by atoms with van der Waals surface area (Å²) in [6.45, 7) is 8.33. The van der Waals surface area contributed by atoms with Gasteiger partial charge in [0.15, 0.2) is 0 Å². The van der Waals surface area contributed by atoms with E-state index in [1.807, 2.05) is 20.0 Å². The van der Waals surface area contributed by atoms with Crippen molar-refractivity contribution in [1.82, 2.24) is 14.5 Å². The van der Waals surface area contributed by atoms with Crippen molar-refractivity contribution in [3.63, 3.8) is 0 Å². The Hall–Kier alpha value is -1.36. The van der Waals surface area contributed by atoms with Gasteiger partial charge in [0, 0.05) is 30.9 Å². The second-order valence-corrected chi connectivity index (χ2v) is 6.07. The quantitative estimate of drug-likeness (QED) is 0.467. The lowest BCUT2D eigenvalue weighted by Gasteiger charge is -2.28. The van der Waals surface area contributed by atoms with Gasteiger partial charge in [0.25, 0.3) is 0 Å². The molecule has 2 heterocycles. The lowest BCUT2D eigenvalue weighted by atomic mass is 9.86. The van der Waals surface area contributed by atoms with Crippen molar-refractivity contribution in [3.05, 3.63) is 18.2 Å². The van der Waals surface area contributed by atoms with Crippen molar-refractivity contribution in [3.8, 4) is 0 Å². The number of aromatic nitrogens is 2. The molecule has 0 saturated carbocycles. The monoisotopic (exact) mass is 263 g/mol. The first kappa shape index (κ1) is 14.1. The van der Waals surface area contributed by atoms with Gasteiger partial charge in [-0.2, -0.15) is 0 Å². The van der Waals surface area contributed by atoms with Gasteiger partial charge in [-0.15, -0.1) is 0 Å².